The van der Waals surface area contributed by atoms with Crippen molar-refractivity contribution in [2.75, 3.05) is 5.43 Å². The fourth-order valence-electron chi connectivity index (χ4n) is 0.896. The molecule has 54 valence electrons. The van der Waals surface area contributed by atoms with Gasteiger partial charge in [0.1, 0.15) is 0 Å². The first-order valence-corrected chi connectivity index (χ1v) is 3.17. The molecule has 0 atom stereocenters. The van der Waals surface area contributed by atoms with Crippen LogP contribution in [0.25, 0.3) is 0 Å². The van der Waals surface area contributed by atoms with Crippen LogP contribution in [0.4, 0.5) is 5.82 Å². The van der Waals surface area contributed by atoms with Gasteiger partial charge in [-0.2, -0.15) is 11.3 Å². The molecule has 0 aliphatic rings. The molecule has 0 amide bonds. The largest absolute Gasteiger partial charge is 0.292 e. The Hall–Kier alpha value is -1.09. The molecule has 1 aromatic rings. The Morgan fingerprint density at radius 1 is 1.50 bits per heavy atom. The summed E-state index contributed by atoms with van der Waals surface area (Å²) in [6.45, 7) is 2.04. The molecule has 10 heavy (non-hydrogen) atoms. The second kappa shape index (κ2) is 2.66. The van der Waals surface area contributed by atoms with Crippen molar-refractivity contribution in [1.82, 2.24) is 0 Å². The molecule has 0 aliphatic carbocycles. The minimum atomic E-state index is 0.908. The maximum Gasteiger partial charge on any atom is 0.292 e. The van der Waals surface area contributed by atoms with E-state index in [0.29, 0.717) is 0 Å². The topological polar surface area (TPSA) is 41.9 Å². The van der Waals surface area contributed by atoms with E-state index < -0.39 is 0 Å². The minimum absolute atomic E-state index is 0.908. The lowest BCUT2D eigenvalue weighted by atomic mass is 10.3. The monoisotopic (exact) mass is 138 g/mol. The maximum absolute atomic E-state index is 5.23. The van der Waals surface area contributed by atoms with Crippen molar-refractivity contribution >= 4 is 5.82 Å². The molecule has 3 N–H and O–H groups in total. The van der Waals surface area contributed by atoms with Gasteiger partial charge in [-0.25, -0.2) is 4.57 Å². The number of nitrogens with one attached hydrogen (secondary N) is 1. The van der Waals surface area contributed by atoms with Crippen LogP contribution >= 0.6 is 0 Å². The first kappa shape index (κ1) is 7.02. The number of pyridine rings is 1. The van der Waals surface area contributed by atoms with Gasteiger partial charge in [0.2, 0.25) is 0 Å². The summed E-state index contributed by atoms with van der Waals surface area (Å²) in [6, 6.07) is 3.95. The van der Waals surface area contributed by atoms with Gasteiger partial charge in [0.25, 0.3) is 5.82 Å². The van der Waals surface area contributed by atoms with Gasteiger partial charge < -0.3 is 0 Å². The summed E-state index contributed by atoms with van der Waals surface area (Å²) < 4.78 is 1.94. The molecule has 0 spiro atoms. The van der Waals surface area contributed by atoms with Crippen molar-refractivity contribution in [3.05, 3.63) is 23.9 Å². The molecule has 0 aliphatic heterocycles. The highest BCUT2D eigenvalue weighted by Gasteiger charge is 1.99. The number of hydrogen-bond donors (Lipinski definition) is 2. The summed E-state index contributed by atoms with van der Waals surface area (Å²) in [5.74, 6) is 6.14. The van der Waals surface area contributed by atoms with E-state index in [1.165, 1.54) is 5.56 Å². The number of hydrogen-bond acceptors (Lipinski definition) is 2. The van der Waals surface area contributed by atoms with Crippen LogP contribution in [0.5, 0.6) is 0 Å². The SMILES string of the molecule is Cc1ccc(NN)[n+](C)c1. The van der Waals surface area contributed by atoms with Crippen molar-refractivity contribution in [2.45, 2.75) is 6.92 Å². The van der Waals surface area contributed by atoms with Gasteiger partial charge in [0.15, 0.2) is 0 Å². The minimum Gasteiger partial charge on any atom is -0.236 e. The molecule has 1 aromatic heterocycles. The van der Waals surface area contributed by atoms with E-state index in [2.05, 4.69) is 5.43 Å². The van der Waals surface area contributed by atoms with Gasteiger partial charge in [0.05, 0.1) is 13.2 Å². The Morgan fingerprint density at radius 3 is 2.70 bits per heavy atom. The second-order valence-corrected chi connectivity index (χ2v) is 2.35. The Labute approximate surface area is 60.5 Å². The smallest absolute Gasteiger partial charge is 0.236 e. The van der Waals surface area contributed by atoms with Crippen LogP contribution in [-0.2, 0) is 7.05 Å². The van der Waals surface area contributed by atoms with Gasteiger partial charge >= 0.3 is 0 Å². The second-order valence-electron chi connectivity index (χ2n) is 2.35. The van der Waals surface area contributed by atoms with E-state index >= 15 is 0 Å². The number of anilines is 1. The predicted octanol–water partition coefficient (Wildman–Crippen LogP) is 0.105. The number of aryl methyl sites for hydroxylation is 2. The summed E-state index contributed by atoms with van der Waals surface area (Å²) in [5.41, 5.74) is 3.81. The quantitative estimate of drug-likeness (QED) is 0.328. The molecule has 1 heterocycles. The first-order chi connectivity index (χ1) is 4.74. The molecule has 0 aromatic carbocycles. The van der Waals surface area contributed by atoms with Crippen LogP contribution in [0.2, 0.25) is 0 Å². The maximum atomic E-state index is 5.23. The van der Waals surface area contributed by atoms with Crippen LogP contribution in [0.3, 0.4) is 0 Å². The van der Waals surface area contributed by atoms with E-state index in [4.69, 9.17) is 5.84 Å². The molecule has 3 nitrogen and oxygen atoms in total. The fraction of sp³-hybridized carbons (Fsp3) is 0.286. The lowest BCUT2D eigenvalue weighted by Crippen LogP contribution is -2.34. The van der Waals surface area contributed by atoms with Crippen LogP contribution < -0.4 is 15.8 Å². The molecule has 0 saturated heterocycles. The van der Waals surface area contributed by atoms with Gasteiger partial charge in [-0.15, -0.1) is 0 Å². The summed E-state index contributed by atoms with van der Waals surface area (Å²) in [4.78, 5) is 0. The standard InChI is InChI=1S/C7H11N3/c1-6-3-4-7(9-8)10(2)5-6/h3-5H,8H2,1-2H3/p+1. The van der Waals surface area contributed by atoms with E-state index in [0.717, 1.165) is 5.82 Å². The summed E-state index contributed by atoms with van der Waals surface area (Å²) in [6.07, 6.45) is 2.01. The van der Waals surface area contributed by atoms with E-state index in [1.807, 2.05) is 36.9 Å². The van der Waals surface area contributed by atoms with Crippen molar-refractivity contribution in [2.24, 2.45) is 12.9 Å². The van der Waals surface area contributed by atoms with Crippen LogP contribution in [0, 0.1) is 6.92 Å². The van der Waals surface area contributed by atoms with Crippen molar-refractivity contribution in [3.8, 4) is 0 Å². The van der Waals surface area contributed by atoms with Gasteiger partial charge in [-0.05, 0) is 18.6 Å². The first-order valence-electron chi connectivity index (χ1n) is 3.17. The van der Waals surface area contributed by atoms with Crippen LogP contribution in [0.1, 0.15) is 5.56 Å². The van der Waals surface area contributed by atoms with Crippen molar-refractivity contribution in [3.63, 3.8) is 0 Å². The number of aromatic nitrogens is 1. The Bertz CT molecular complexity index is 232. The zero-order valence-electron chi connectivity index (χ0n) is 6.26. The highest BCUT2D eigenvalue weighted by Crippen LogP contribution is 1.97. The van der Waals surface area contributed by atoms with Crippen LogP contribution in [-0.4, -0.2) is 0 Å². The molecule has 1 rings (SSSR count). The third-order valence-electron chi connectivity index (χ3n) is 1.43. The van der Waals surface area contributed by atoms with Gasteiger partial charge in [-0.3, -0.25) is 0 Å². The van der Waals surface area contributed by atoms with E-state index in [1.54, 1.807) is 0 Å². The lowest BCUT2D eigenvalue weighted by Gasteiger charge is -1.98. The molecule has 0 unspecified atom stereocenters. The summed E-state index contributed by atoms with van der Waals surface area (Å²) in [5, 5.41) is 0. The molecule has 0 radical (unpaired) electrons. The number of nitrogens with two attached hydrogens (primary N) is 1. The zero-order chi connectivity index (χ0) is 7.56. The molecular weight excluding hydrogens is 126 g/mol. The lowest BCUT2D eigenvalue weighted by molar-refractivity contribution is -0.657. The Morgan fingerprint density at radius 2 is 2.20 bits per heavy atom. The average molecular weight is 138 g/mol. The van der Waals surface area contributed by atoms with E-state index in [-0.39, 0.29) is 0 Å². The van der Waals surface area contributed by atoms with Crippen molar-refractivity contribution < 1.29 is 4.57 Å². The molecule has 3 heteroatoms. The summed E-state index contributed by atoms with van der Waals surface area (Å²) >= 11 is 0. The molecule has 0 bridgehead atoms. The third kappa shape index (κ3) is 1.25. The number of nitrogens with zero attached hydrogens (tertiary/aromatic N) is 1. The van der Waals surface area contributed by atoms with Crippen molar-refractivity contribution in [1.29, 1.82) is 0 Å². The number of rotatable bonds is 1. The van der Waals surface area contributed by atoms with E-state index in [9.17, 15) is 0 Å². The van der Waals surface area contributed by atoms with Crippen LogP contribution in [0.15, 0.2) is 18.3 Å². The highest BCUT2D eigenvalue weighted by molar-refractivity contribution is 5.26. The Kier molecular flexibility index (Phi) is 1.87. The highest BCUT2D eigenvalue weighted by atomic mass is 15.3. The molecule has 0 saturated carbocycles. The zero-order valence-corrected chi connectivity index (χ0v) is 6.26. The molecule has 0 fully saturated rings. The normalized spacial score (nSPS) is 9.50. The average Bonchev–Trinajstić information content (AvgIpc) is 1.88. The fourth-order valence-corrected chi connectivity index (χ4v) is 0.896. The predicted molar refractivity (Wildman–Crippen MR) is 40.2 cm³/mol. The number of nitrogen functional groups attached to an aromatic ring is 1. The molecular formula is C7H12N3+. The third-order valence-corrected chi connectivity index (χ3v) is 1.43. The summed E-state index contributed by atoms with van der Waals surface area (Å²) in [7, 11) is 1.95. The van der Waals surface area contributed by atoms with Gasteiger partial charge in [-0.1, -0.05) is 0 Å². The number of hydrazine groups is 1. The van der Waals surface area contributed by atoms with Gasteiger partial charge in [0, 0.05) is 6.07 Å². The Balaban J connectivity index is 3.07.